The van der Waals surface area contributed by atoms with E-state index in [1.807, 2.05) is 0 Å². The molecule has 1 unspecified atom stereocenters. The van der Waals surface area contributed by atoms with Gasteiger partial charge in [0.15, 0.2) is 0 Å². The Hall–Kier alpha value is -3.88. The van der Waals surface area contributed by atoms with Gasteiger partial charge in [-0.3, -0.25) is 24.1 Å². The van der Waals surface area contributed by atoms with Gasteiger partial charge in [-0.15, -0.1) is 11.8 Å². The normalized spacial score (nSPS) is 15.7. The number of anilines is 1. The van der Waals surface area contributed by atoms with Crippen molar-refractivity contribution < 1.29 is 19.2 Å². The molecule has 1 fully saturated rings. The van der Waals surface area contributed by atoms with Crippen molar-refractivity contribution in [3.63, 3.8) is 0 Å². The number of hydrogen-bond acceptors (Lipinski definition) is 5. The molecule has 3 aromatic carbocycles. The van der Waals surface area contributed by atoms with Gasteiger partial charge in [0.1, 0.15) is 5.70 Å². The summed E-state index contributed by atoms with van der Waals surface area (Å²) in [6, 6.07) is 22.5. The number of rotatable bonds is 7. The lowest BCUT2D eigenvalue weighted by Crippen LogP contribution is -2.30. The van der Waals surface area contributed by atoms with Crippen LogP contribution in [-0.4, -0.2) is 40.8 Å². The summed E-state index contributed by atoms with van der Waals surface area (Å²) >= 11 is 7.57. The van der Waals surface area contributed by atoms with Crippen molar-refractivity contribution in [1.29, 1.82) is 0 Å². The maximum Gasteiger partial charge on any atom is 0.272 e. The first-order valence-electron chi connectivity index (χ1n) is 11.0. The van der Waals surface area contributed by atoms with Crippen LogP contribution in [0.15, 0.2) is 89.5 Å². The van der Waals surface area contributed by atoms with E-state index >= 15 is 0 Å². The summed E-state index contributed by atoms with van der Waals surface area (Å²) in [5.41, 5.74) is 1.50. The predicted molar refractivity (Wildman–Crippen MR) is 140 cm³/mol. The summed E-state index contributed by atoms with van der Waals surface area (Å²) in [6.45, 7) is 0. The zero-order valence-electron chi connectivity index (χ0n) is 19.2. The Labute approximate surface area is 217 Å². The van der Waals surface area contributed by atoms with Gasteiger partial charge in [-0.05, 0) is 54.1 Å². The summed E-state index contributed by atoms with van der Waals surface area (Å²) in [7, 11) is 1.48. The van der Waals surface area contributed by atoms with Crippen molar-refractivity contribution in [3.05, 3.63) is 101 Å². The van der Waals surface area contributed by atoms with E-state index in [0.29, 0.717) is 21.8 Å². The number of imide groups is 1. The number of nitrogens with zero attached hydrogens (tertiary/aromatic N) is 1. The van der Waals surface area contributed by atoms with Crippen LogP contribution >= 0.6 is 23.4 Å². The number of halogens is 1. The molecule has 3 aromatic rings. The summed E-state index contributed by atoms with van der Waals surface area (Å²) in [4.78, 5) is 51.7. The Morgan fingerprint density at radius 2 is 1.64 bits per heavy atom. The quantitative estimate of drug-likeness (QED) is 0.351. The number of thioether (sulfide) groups is 1. The lowest BCUT2D eigenvalue weighted by molar-refractivity contribution is -0.136. The first-order valence-corrected chi connectivity index (χ1v) is 12.3. The molecule has 1 atom stereocenters. The Balaban J connectivity index is 1.50. The fourth-order valence-electron chi connectivity index (χ4n) is 3.48. The SMILES string of the molecule is CN1C(=O)CC(Sc2ccc(NC(=O)/C(=C/c3ccccc3Cl)NC(=O)c3ccccc3)cc2)C1=O. The monoisotopic (exact) mass is 519 g/mol. The van der Waals surface area contributed by atoms with E-state index in [4.69, 9.17) is 11.6 Å². The van der Waals surface area contributed by atoms with Crippen LogP contribution in [0.1, 0.15) is 22.3 Å². The number of benzene rings is 3. The Morgan fingerprint density at radius 1 is 0.972 bits per heavy atom. The van der Waals surface area contributed by atoms with Crippen molar-refractivity contribution in [1.82, 2.24) is 10.2 Å². The average molecular weight is 520 g/mol. The van der Waals surface area contributed by atoms with Gasteiger partial charge in [-0.2, -0.15) is 0 Å². The number of amides is 4. The molecule has 4 amide bonds. The van der Waals surface area contributed by atoms with Gasteiger partial charge < -0.3 is 10.6 Å². The van der Waals surface area contributed by atoms with Crippen molar-refractivity contribution in [2.24, 2.45) is 0 Å². The van der Waals surface area contributed by atoms with Gasteiger partial charge in [-0.25, -0.2) is 0 Å². The van der Waals surface area contributed by atoms with Gasteiger partial charge in [0.2, 0.25) is 11.8 Å². The van der Waals surface area contributed by atoms with E-state index in [1.54, 1.807) is 78.9 Å². The number of nitrogens with one attached hydrogen (secondary N) is 2. The highest BCUT2D eigenvalue weighted by Gasteiger charge is 2.36. The Morgan fingerprint density at radius 3 is 2.28 bits per heavy atom. The molecule has 0 bridgehead atoms. The number of carbonyl (C=O) groups excluding carboxylic acids is 4. The molecule has 36 heavy (non-hydrogen) atoms. The third kappa shape index (κ3) is 6.02. The highest BCUT2D eigenvalue weighted by molar-refractivity contribution is 8.00. The van der Waals surface area contributed by atoms with Gasteiger partial charge in [0.05, 0.1) is 5.25 Å². The summed E-state index contributed by atoms with van der Waals surface area (Å²) in [5.74, 6) is -1.38. The topological polar surface area (TPSA) is 95.6 Å². The van der Waals surface area contributed by atoms with E-state index in [-0.39, 0.29) is 23.9 Å². The fourth-order valence-corrected chi connectivity index (χ4v) is 4.78. The van der Waals surface area contributed by atoms with E-state index in [0.717, 1.165) is 9.80 Å². The molecule has 0 spiro atoms. The van der Waals surface area contributed by atoms with Crippen molar-refractivity contribution in [2.45, 2.75) is 16.6 Å². The van der Waals surface area contributed by atoms with E-state index in [9.17, 15) is 19.2 Å². The second kappa shape index (κ2) is 11.2. The third-order valence-corrected chi connectivity index (χ3v) is 7.01. The largest absolute Gasteiger partial charge is 0.321 e. The minimum atomic E-state index is -0.530. The lowest BCUT2D eigenvalue weighted by atomic mass is 10.1. The number of hydrogen-bond donors (Lipinski definition) is 2. The minimum Gasteiger partial charge on any atom is -0.321 e. The molecule has 0 saturated carbocycles. The molecule has 7 nitrogen and oxygen atoms in total. The van der Waals surface area contributed by atoms with Crippen molar-refractivity contribution >= 4 is 58.8 Å². The van der Waals surface area contributed by atoms with Crippen LogP contribution in [0.4, 0.5) is 5.69 Å². The molecule has 9 heteroatoms. The van der Waals surface area contributed by atoms with Crippen molar-refractivity contribution in [2.75, 3.05) is 12.4 Å². The zero-order chi connectivity index (χ0) is 25.7. The molecule has 4 rings (SSSR count). The standard InChI is InChI=1S/C27H22ClN3O4S/c1-31-24(32)16-23(27(31)35)36-20-13-11-19(12-14-20)29-26(34)22(15-18-9-5-6-10-21(18)28)30-25(33)17-7-3-2-4-8-17/h2-15,23H,16H2,1H3,(H,29,34)(H,30,33)/b22-15-. The fraction of sp³-hybridized carbons (Fsp3) is 0.111. The van der Waals surface area contributed by atoms with E-state index in [2.05, 4.69) is 10.6 Å². The van der Waals surface area contributed by atoms with Gasteiger partial charge in [-0.1, -0.05) is 48.0 Å². The van der Waals surface area contributed by atoms with Crippen LogP contribution in [0.3, 0.4) is 0 Å². The molecule has 1 heterocycles. The molecular weight excluding hydrogens is 498 g/mol. The van der Waals surface area contributed by atoms with E-state index in [1.165, 1.54) is 24.9 Å². The zero-order valence-corrected chi connectivity index (χ0v) is 20.8. The lowest BCUT2D eigenvalue weighted by Gasteiger charge is -2.13. The molecular formula is C27H22ClN3O4S. The van der Waals surface area contributed by atoms with Crippen LogP contribution < -0.4 is 10.6 Å². The highest BCUT2D eigenvalue weighted by Crippen LogP contribution is 2.31. The maximum absolute atomic E-state index is 13.1. The highest BCUT2D eigenvalue weighted by atomic mass is 35.5. The summed E-state index contributed by atoms with van der Waals surface area (Å²) in [6.07, 6.45) is 1.68. The van der Waals surface area contributed by atoms with Crippen LogP contribution in [0.25, 0.3) is 6.08 Å². The first kappa shape index (κ1) is 25.2. The smallest absolute Gasteiger partial charge is 0.272 e. The first-order chi connectivity index (χ1) is 17.3. The summed E-state index contributed by atoms with van der Waals surface area (Å²) < 4.78 is 0. The minimum absolute atomic E-state index is 0.0218. The van der Waals surface area contributed by atoms with Gasteiger partial charge >= 0.3 is 0 Å². The van der Waals surface area contributed by atoms with Crippen LogP contribution in [0, 0.1) is 0 Å². The predicted octanol–water partition coefficient (Wildman–Crippen LogP) is 4.60. The molecule has 1 aliphatic rings. The van der Waals surface area contributed by atoms with Gasteiger partial charge in [0.25, 0.3) is 11.8 Å². The van der Waals surface area contributed by atoms with Crippen LogP contribution in [0.5, 0.6) is 0 Å². The Kier molecular flexibility index (Phi) is 7.87. The van der Waals surface area contributed by atoms with Crippen LogP contribution in [0.2, 0.25) is 5.02 Å². The molecule has 1 saturated heterocycles. The molecule has 2 N–H and O–H groups in total. The van der Waals surface area contributed by atoms with Crippen molar-refractivity contribution in [3.8, 4) is 0 Å². The maximum atomic E-state index is 13.1. The second-order valence-electron chi connectivity index (χ2n) is 7.98. The molecule has 0 radical (unpaired) electrons. The third-order valence-electron chi connectivity index (χ3n) is 5.46. The number of likely N-dealkylation sites (tertiary alicyclic amines) is 1. The molecule has 0 aromatic heterocycles. The Bertz CT molecular complexity index is 1340. The molecule has 0 aliphatic carbocycles. The summed E-state index contributed by atoms with van der Waals surface area (Å²) in [5, 5.41) is 5.43. The molecule has 1 aliphatic heterocycles. The number of carbonyl (C=O) groups is 4. The molecule has 182 valence electrons. The van der Waals surface area contributed by atoms with Gasteiger partial charge in [0, 0.05) is 34.6 Å². The van der Waals surface area contributed by atoms with E-state index < -0.39 is 17.1 Å². The average Bonchev–Trinajstić information content (AvgIpc) is 3.12. The second-order valence-corrected chi connectivity index (χ2v) is 9.66. The van der Waals surface area contributed by atoms with Crippen LogP contribution in [-0.2, 0) is 14.4 Å².